The monoisotopic (exact) mass is 536 g/mol. The molecular formula is C29H32N2O8. The fourth-order valence-electron chi connectivity index (χ4n) is 5.90. The molecule has 1 fully saturated rings. The Morgan fingerprint density at radius 1 is 1.05 bits per heavy atom. The van der Waals surface area contributed by atoms with E-state index in [9.17, 15) is 19.5 Å². The summed E-state index contributed by atoms with van der Waals surface area (Å²) in [5.41, 5.74) is 1.05. The van der Waals surface area contributed by atoms with Gasteiger partial charge in [-0.25, -0.2) is 0 Å². The van der Waals surface area contributed by atoms with Gasteiger partial charge in [0.1, 0.15) is 5.76 Å². The third-order valence-corrected chi connectivity index (χ3v) is 7.66. The number of ether oxygens (including phenoxy) is 3. The number of carbonyl (C=O) groups is 1. The number of nitrogens with zero attached hydrogens (tertiary/aromatic N) is 2. The second-order valence-corrected chi connectivity index (χ2v) is 10.1. The molecule has 0 unspecified atom stereocenters. The largest absolute Gasteiger partial charge is 0.502 e. The number of piperidine rings is 1. The van der Waals surface area contributed by atoms with Crippen molar-refractivity contribution in [1.29, 1.82) is 0 Å². The van der Waals surface area contributed by atoms with Crippen molar-refractivity contribution in [2.75, 3.05) is 34.4 Å². The minimum absolute atomic E-state index is 0.00998. The molecule has 1 saturated heterocycles. The molecule has 10 heteroatoms. The van der Waals surface area contributed by atoms with E-state index in [2.05, 4.69) is 4.90 Å². The van der Waals surface area contributed by atoms with Crippen LogP contribution in [0.4, 0.5) is 0 Å². The zero-order valence-corrected chi connectivity index (χ0v) is 22.2. The van der Waals surface area contributed by atoms with Crippen LogP contribution in [0.5, 0.6) is 17.2 Å². The van der Waals surface area contributed by atoms with E-state index >= 15 is 0 Å². The van der Waals surface area contributed by atoms with Crippen molar-refractivity contribution in [3.8, 4) is 17.2 Å². The number of hydrogen-bond donors (Lipinski definition) is 1. The molecule has 10 nitrogen and oxygen atoms in total. The number of rotatable bonds is 8. The maximum Gasteiger partial charge on any atom is 0.306 e. The molecule has 206 valence electrons. The average molecular weight is 537 g/mol. The van der Waals surface area contributed by atoms with Crippen molar-refractivity contribution < 1.29 is 28.5 Å². The van der Waals surface area contributed by atoms with Gasteiger partial charge in [0.15, 0.2) is 17.3 Å². The molecule has 2 aliphatic heterocycles. The average Bonchev–Trinajstić information content (AvgIpc) is 2.93. The first-order valence-electron chi connectivity index (χ1n) is 12.9. The summed E-state index contributed by atoms with van der Waals surface area (Å²) < 4.78 is 23.7. The lowest BCUT2D eigenvalue weighted by atomic mass is 9.83. The van der Waals surface area contributed by atoms with E-state index in [0.29, 0.717) is 48.4 Å². The normalized spacial score (nSPS) is 19.2. The smallest absolute Gasteiger partial charge is 0.306 e. The van der Waals surface area contributed by atoms with Crippen LogP contribution < -0.4 is 20.5 Å². The SMILES string of the molecule is COC(=O)C[C@@H](c1ccc(OC)c(OC)c1)c1oc(CN2C[C@@H]3C[C@H](C2)c2cccc(=O)n2C3)cc(=O)c1O. The van der Waals surface area contributed by atoms with Crippen molar-refractivity contribution in [3.05, 3.63) is 85.8 Å². The first-order chi connectivity index (χ1) is 18.8. The Bertz CT molecular complexity index is 1490. The standard InChI is InChI=1S/C29H32N2O8/c1-36-24-8-7-18(10-25(24)37-2)21(12-27(34)38-3)29-28(35)23(32)11-20(39-29)16-30-13-17-9-19(15-30)22-5-4-6-26(33)31(22)14-17/h4-8,10-11,17,19,21,35H,9,12-16H2,1-3H3/t17-,19+,21-/m0/s1. The second-order valence-electron chi connectivity index (χ2n) is 10.1. The van der Waals surface area contributed by atoms with Gasteiger partial charge in [-0.3, -0.25) is 19.3 Å². The van der Waals surface area contributed by atoms with Gasteiger partial charge in [0.25, 0.3) is 5.56 Å². The molecular weight excluding hydrogens is 504 g/mol. The number of benzene rings is 1. The first kappa shape index (κ1) is 26.6. The number of carbonyl (C=O) groups excluding carboxylic acids is 1. The summed E-state index contributed by atoms with van der Waals surface area (Å²) in [5, 5.41) is 10.8. The Morgan fingerprint density at radius 3 is 2.59 bits per heavy atom. The summed E-state index contributed by atoms with van der Waals surface area (Å²) in [7, 11) is 4.29. The van der Waals surface area contributed by atoms with E-state index in [-0.39, 0.29) is 23.7 Å². The molecule has 0 spiro atoms. The number of pyridine rings is 1. The minimum atomic E-state index is -0.801. The molecule has 0 radical (unpaired) electrons. The van der Waals surface area contributed by atoms with Crippen LogP contribution in [0.3, 0.4) is 0 Å². The molecule has 2 bridgehead atoms. The van der Waals surface area contributed by atoms with Gasteiger partial charge >= 0.3 is 5.97 Å². The van der Waals surface area contributed by atoms with Gasteiger partial charge in [-0.15, -0.1) is 0 Å². The third kappa shape index (κ3) is 5.29. The Hall–Kier alpha value is -4.05. The zero-order valence-electron chi connectivity index (χ0n) is 22.2. The Kier molecular flexibility index (Phi) is 7.47. The molecule has 3 atom stereocenters. The van der Waals surface area contributed by atoms with Gasteiger partial charge in [-0.1, -0.05) is 12.1 Å². The van der Waals surface area contributed by atoms with Crippen molar-refractivity contribution in [3.63, 3.8) is 0 Å². The van der Waals surface area contributed by atoms with Crippen LogP contribution in [0.2, 0.25) is 0 Å². The van der Waals surface area contributed by atoms with Crippen LogP contribution >= 0.6 is 0 Å². The van der Waals surface area contributed by atoms with E-state index in [1.54, 1.807) is 30.3 Å². The zero-order chi connectivity index (χ0) is 27.7. The lowest BCUT2D eigenvalue weighted by Gasteiger charge is -2.42. The summed E-state index contributed by atoms with van der Waals surface area (Å²) in [4.78, 5) is 39.8. The predicted octanol–water partition coefficient (Wildman–Crippen LogP) is 2.84. The molecule has 39 heavy (non-hydrogen) atoms. The van der Waals surface area contributed by atoms with Crippen molar-refractivity contribution in [2.45, 2.75) is 37.8 Å². The minimum Gasteiger partial charge on any atom is -0.502 e. The Balaban J connectivity index is 1.47. The van der Waals surface area contributed by atoms with Gasteiger partial charge < -0.3 is 28.3 Å². The summed E-state index contributed by atoms with van der Waals surface area (Å²) in [6.07, 6.45) is 0.844. The molecule has 2 aliphatic rings. The van der Waals surface area contributed by atoms with Gasteiger partial charge in [0.2, 0.25) is 11.2 Å². The lowest BCUT2D eigenvalue weighted by molar-refractivity contribution is -0.140. The number of esters is 1. The highest BCUT2D eigenvalue weighted by Gasteiger charge is 2.35. The van der Waals surface area contributed by atoms with Crippen LogP contribution in [0.25, 0.3) is 0 Å². The van der Waals surface area contributed by atoms with Crippen LogP contribution in [0.1, 0.15) is 47.5 Å². The summed E-state index contributed by atoms with van der Waals surface area (Å²) in [5.74, 6) is -0.0699. The summed E-state index contributed by atoms with van der Waals surface area (Å²) in [6, 6.07) is 11.8. The Labute approximate surface area is 225 Å². The van der Waals surface area contributed by atoms with Gasteiger partial charge in [0, 0.05) is 43.4 Å². The second kappa shape index (κ2) is 11.0. The Morgan fingerprint density at radius 2 is 1.85 bits per heavy atom. The molecule has 1 aromatic carbocycles. The van der Waals surface area contributed by atoms with E-state index in [1.165, 1.54) is 27.4 Å². The van der Waals surface area contributed by atoms with Gasteiger partial charge in [0.05, 0.1) is 40.2 Å². The molecule has 0 amide bonds. The van der Waals surface area contributed by atoms with Crippen molar-refractivity contribution in [2.24, 2.45) is 5.92 Å². The van der Waals surface area contributed by atoms with Crippen LogP contribution in [0, 0.1) is 5.92 Å². The summed E-state index contributed by atoms with van der Waals surface area (Å²) >= 11 is 0. The van der Waals surface area contributed by atoms with E-state index in [0.717, 1.165) is 18.7 Å². The van der Waals surface area contributed by atoms with Crippen LogP contribution in [-0.2, 0) is 22.6 Å². The van der Waals surface area contributed by atoms with E-state index < -0.39 is 23.1 Å². The highest BCUT2D eigenvalue weighted by Crippen LogP contribution is 2.39. The lowest BCUT2D eigenvalue weighted by Crippen LogP contribution is -2.46. The topological polar surface area (TPSA) is 120 Å². The highest BCUT2D eigenvalue weighted by molar-refractivity contribution is 5.71. The van der Waals surface area contributed by atoms with E-state index in [1.807, 2.05) is 10.6 Å². The number of likely N-dealkylation sites (tertiary alicyclic amines) is 1. The van der Waals surface area contributed by atoms with Crippen molar-refractivity contribution in [1.82, 2.24) is 9.47 Å². The molecule has 5 rings (SSSR count). The highest BCUT2D eigenvalue weighted by atomic mass is 16.5. The number of hydrogen-bond acceptors (Lipinski definition) is 9. The first-order valence-corrected chi connectivity index (χ1v) is 12.9. The van der Waals surface area contributed by atoms with Crippen LogP contribution in [0.15, 0.2) is 56.5 Å². The molecule has 2 aromatic heterocycles. The molecule has 3 aromatic rings. The molecule has 0 aliphatic carbocycles. The van der Waals surface area contributed by atoms with Crippen LogP contribution in [-0.4, -0.2) is 55.0 Å². The molecule has 0 saturated carbocycles. The summed E-state index contributed by atoms with van der Waals surface area (Å²) in [6.45, 7) is 2.47. The number of aromatic nitrogens is 1. The third-order valence-electron chi connectivity index (χ3n) is 7.66. The van der Waals surface area contributed by atoms with E-state index in [4.69, 9.17) is 18.6 Å². The molecule has 1 N–H and O–H groups in total. The van der Waals surface area contributed by atoms with Gasteiger partial charge in [-0.2, -0.15) is 0 Å². The number of aromatic hydroxyl groups is 1. The quantitative estimate of drug-likeness (QED) is 0.433. The predicted molar refractivity (Wildman–Crippen MR) is 141 cm³/mol. The maximum atomic E-state index is 12.9. The van der Waals surface area contributed by atoms with Gasteiger partial charge in [-0.05, 0) is 36.1 Å². The number of fused-ring (bicyclic) bond motifs is 4. The maximum absolute atomic E-state index is 12.9. The molecule has 4 heterocycles. The fraction of sp³-hybridized carbons (Fsp3) is 0.414. The van der Waals surface area contributed by atoms with Crippen molar-refractivity contribution >= 4 is 5.97 Å². The number of methoxy groups -OCH3 is 3. The fourth-order valence-corrected chi connectivity index (χ4v) is 5.90.